The number of halogens is 2. The second-order valence-corrected chi connectivity index (χ2v) is 36.9. The molecule has 22 heavy (non-hydrogen) atoms. The van der Waals surface area contributed by atoms with E-state index in [0.29, 0.717) is 0 Å². The van der Waals surface area contributed by atoms with Gasteiger partial charge in [0.1, 0.15) is 0 Å². The zero-order chi connectivity index (χ0) is 14.8. The van der Waals surface area contributed by atoms with Crippen LogP contribution in [0.1, 0.15) is 6.42 Å². The van der Waals surface area contributed by atoms with Crippen molar-refractivity contribution >= 4 is 39.7 Å². The van der Waals surface area contributed by atoms with Crippen LogP contribution < -0.4 is 4.00 Å². The van der Waals surface area contributed by atoms with Crippen molar-refractivity contribution < 1.29 is 12.7 Å². The number of aromatic amines is 1. The summed E-state index contributed by atoms with van der Waals surface area (Å²) in [6, 6.07) is 11.0. The molecule has 1 heterocycles. The Morgan fingerprint density at radius 2 is 1.59 bits per heavy atom. The van der Waals surface area contributed by atoms with E-state index in [-0.39, 0.29) is 24.8 Å². The van der Waals surface area contributed by atoms with Crippen molar-refractivity contribution in [1.82, 2.24) is 4.98 Å². The van der Waals surface area contributed by atoms with E-state index >= 15 is 0 Å². The normalized spacial score (nSPS) is 19.1. The van der Waals surface area contributed by atoms with E-state index in [0.717, 1.165) is 6.42 Å². The molecule has 1 N–H and O–H groups in total. The minimum atomic E-state index is -3.93. The summed E-state index contributed by atoms with van der Waals surface area (Å²) in [5, 5.41) is 14.0. The van der Waals surface area contributed by atoms with Gasteiger partial charge in [-0.05, 0) is 0 Å². The van der Waals surface area contributed by atoms with Crippen molar-refractivity contribution in [2.24, 2.45) is 0 Å². The third-order valence-corrected chi connectivity index (χ3v) is 16.7. The summed E-state index contributed by atoms with van der Waals surface area (Å²) in [6.45, 7) is 0. The van der Waals surface area contributed by atoms with E-state index in [1.165, 1.54) is 14.9 Å². The molecule has 0 bridgehead atoms. The van der Waals surface area contributed by atoms with Crippen molar-refractivity contribution in [3.63, 3.8) is 0 Å². The Bertz CT molecular complexity index is 764. The molecule has 0 radical (unpaired) electrons. The van der Waals surface area contributed by atoms with Gasteiger partial charge in [-0.3, -0.25) is 0 Å². The number of H-pyrrole nitrogens is 1. The average molecular weight is 377 g/mol. The zero-order valence-corrected chi connectivity index (χ0v) is 17.3. The summed E-state index contributed by atoms with van der Waals surface area (Å²) in [6.07, 6.45) is 7.93. The summed E-state index contributed by atoms with van der Waals surface area (Å²) in [7, 11) is 0. The van der Waals surface area contributed by atoms with Gasteiger partial charge in [-0.25, -0.2) is 0 Å². The van der Waals surface area contributed by atoms with Gasteiger partial charge in [-0.1, -0.05) is 0 Å². The van der Waals surface area contributed by atoms with Crippen LogP contribution in [0.4, 0.5) is 0 Å². The number of fused-ring (bicyclic) bond motifs is 1. The molecule has 1 aliphatic rings. The Morgan fingerprint density at radius 1 is 0.955 bits per heavy atom. The van der Waals surface area contributed by atoms with Gasteiger partial charge in [-0.15, -0.1) is 24.8 Å². The fourth-order valence-electron chi connectivity index (χ4n) is 3.45. The summed E-state index contributed by atoms with van der Waals surface area (Å²) in [4.78, 5) is 3.75. The predicted octanol–water partition coefficient (Wildman–Crippen LogP) is 6.48. The molecule has 0 atom stereocenters. The summed E-state index contributed by atoms with van der Waals surface area (Å²) in [5.74, 6) is 0. The molecule has 0 amide bonds. The summed E-state index contributed by atoms with van der Waals surface area (Å²) < 4.78 is 3.04. The van der Waals surface area contributed by atoms with Crippen LogP contribution in [0, 0.1) is 0 Å². The van der Waals surface area contributed by atoms with E-state index in [2.05, 4.69) is 79.7 Å². The third-order valence-electron chi connectivity index (χ3n) is 5.55. The van der Waals surface area contributed by atoms with Crippen LogP contribution in [0.2, 0.25) is 26.1 Å². The topological polar surface area (TPSA) is 15.8 Å². The molecular weight excluding hydrogens is 349 g/mol. The Morgan fingerprint density at radius 3 is 2.14 bits per heavy atom. The third kappa shape index (κ3) is 2.73. The molecule has 1 nitrogen and oxygen atoms in total. The van der Waals surface area contributed by atoms with Crippen molar-refractivity contribution in [3.8, 4) is 0 Å². The molecule has 123 valence electrons. The van der Waals surface area contributed by atoms with Gasteiger partial charge in [0.15, 0.2) is 0 Å². The molecule has 1 aromatic carbocycles. The van der Waals surface area contributed by atoms with E-state index < -0.39 is 12.7 Å². The van der Waals surface area contributed by atoms with E-state index in [1.54, 1.807) is 3.88 Å². The maximum absolute atomic E-state index is 3.93. The van der Waals surface area contributed by atoms with Gasteiger partial charge in [0, 0.05) is 0 Å². The van der Waals surface area contributed by atoms with Crippen LogP contribution in [0.25, 0.3) is 10.9 Å². The van der Waals surface area contributed by atoms with E-state index in [1.807, 2.05) is 0 Å². The Kier molecular flexibility index (Phi) is 3.85. The van der Waals surface area contributed by atoms with Gasteiger partial charge in [0.25, 0.3) is 0 Å². The first kappa shape index (κ1) is 19.6. The molecular formula is C18H28Cl2NTi. The van der Waals surface area contributed by atoms with Crippen LogP contribution in [0.5, 0.6) is 0 Å². The summed E-state index contributed by atoms with van der Waals surface area (Å²) in [5.41, 5.74) is 1.24. The standard InChI is InChI=1S/C8H6N.C5H5.5CH3.2ClH.Ti/c1-2-4-8-7(3-1)5-6-9-8;1-2-4-5-3-1;;;;;;;;/h1-5,9H;1-3H,4H2;5*1H3;2*1H;. The number of hydrogen-bond acceptors (Lipinski definition) is 0. The van der Waals surface area contributed by atoms with Crippen LogP contribution >= 0.6 is 24.8 Å². The van der Waals surface area contributed by atoms with Crippen molar-refractivity contribution in [1.29, 1.82) is 0 Å². The van der Waals surface area contributed by atoms with Gasteiger partial charge in [-0.2, -0.15) is 0 Å². The molecule has 3 rings (SSSR count). The quantitative estimate of drug-likeness (QED) is 0.577. The number of benzene rings is 1. The zero-order valence-electron chi connectivity index (χ0n) is 14.1. The number of para-hydroxylation sites is 1. The Hall–Kier alpha value is -0.466. The maximum atomic E-state index is 3.75. The fourth-order valence-corrected chi connectivity index (χ4v) is 10.3. The first-order valence-electron chi connectivity index (χ1n) is 7.62. The van der Waals surface area contributed by atoms with Crippen LogP contribution in [0.3, 0.4) is 0 Å². The van der Waals surface area contributed by atoms with E-state index in [4.69, 9.17) is 0 Å². The predicted molar refractivity (Wildman–Crippen MR) is 104 cm³/mol. The molecule has 0 aliphatic heterocycles. The van der Waals surface area contributed by atoms with Crippen molar-refractivity contribution in [3.05, 3.63) is 52.4 Å². The molecule has 0 spiro atoms. The molecule has 0 saturated carbocycles. The second-order valence-electron chi connectivity index (χ2n) is 11.2. The van der Waals surface area contributed by atoms with Gasteiger partial charge in [0.05, 0.1) is 0 Å². The van der Waals surface area contributed by atoms with Crippen LogP contribution in [-0.2, 0) is 12.7 Å². The molecule has 2 aromatic rings. The molecule has 0 fully saturated rings. The average Bonchev–Trinajstić information content (AvgIpc) is 2.98. The first-order valence-corrected chi connectivity index (χ1v) is 17.0. The Labute approximate surface area is 142 Å². The molecule has 0 saturated heterocycles. The van der Waals surface area contributed by atoms with Gasteiger partial charge in [0.2, 0.25) is 0 Å². The number of nitrogens with one attached hydrogen (secondary N) is 1. The van der Waals surface area contributed by atoms with Crippen molar-refractivity contribution in [2.45, 2.75) is 32.6 Å². The minimum absolute atomic E-state index is 0. The van der Waals surface area contributed by atoms with Crippen molar-refractivity contribution in [2.75, 3.05) is 0 Å². The fraction of sp³-hybridized carbons (Fsp3) is 0.333. The number of rotatable bonds is 2. The molecule has 4 heteroatoms. The molecule has 1 aliphatic carbocycles. The number of hydrogen-bond donors (Lipinski definition) is 1. The summed E-state index contributed by atoms with van der Waals surface area (Å²) >= 11 is -3.93. The van der Waals surface area contributed by atoms with Crippen LogP contribution in [-0.4, -0.2) is 4.98 Å². The first-order chi connectivity index (χ1) is 8.93. The van der Waals surface area contributed by atoms with Gasteiger partial charge < -0.3 is 0 Å². The molecule has 1 aromatic heterocycles. The van der Waals surface area contributed by atoms with E-state index in [9.17, 15) is 0 Å². The van der Waals surface area contributed by atoms with Gasteiger partial charge >= 0.3 is 118 Å². The Balaban J connectivity index is 0.00000121. The number of allylic oxidation sites excluding steroid dienone is 4. The molecule has 0 unspecified atom stereocenters. The second kappa shape index (κ2) is 4.33. The number of aromatic nitrogens is 1. The SMILES string of the molecule is Cl.Cl.[CH3][Ti]([CH3])([CH3])([CH3])([CH3])([C]1=CC=CC1)[c]1cc2ccccc2[nH]1. The van der Waals surface area contributed by atoms with Crippen LogP contribution in [0.15, 0.2) is 52.4 Å². The monoisotopic (exact) mass is 376 g/mol.